The summed E-state index contributed by atoms with van der Waals surface area (Å²) in [4.78, 5) is 0. The first kappa shape index (κ1) is 11.2. The SMILES string of the molecule is Cc1c(-c2ccccc2)n2cc3ccccc3c2n1N. The summed E-state index contributed by atoms with van der Waals surface area (Å²) in [6, 6.07) is 18.7. The number of nitrogens with zero attached hydrogens (tertiary/aromatic N) is 2. The van der Waals surface area contributed by atoms with Crippen molar-refractivity contribution in [1.29, 1.82) is 0 Å². The van der Waals surface area contributed by atoms with Crippen molar-refractivity contribution in [3.63, 3.8) is 0 Å². The average Bonchev–Trinajstić information content (AvgIpc) is 2.96. The molecule has 2 heterocycles. The van der Waals surface area contributed by atoms with Gasteiger partial charge in [0.2, 0.25) is 0 Å². The maximum absolute atomic E-state index is 6.28. The molecule has 0 unspecified atom stereocenters. The van der Waals surface area contributed by atoms with Gasteiger partial charge in [-0.05, 0) is 6.92 Å². The molecule has 0 aliphatic rings. The van der Waals surface area contributed by atoms with Crippen molar-refractivity contribution in [2.24, 2.45) is 0 Å². The molecule has 20 heavy (non-hydrogen) atoms. The van der Waals surface area contributed by atoms with Crippen molar-refractivity contribution in [3.05, 3.63) is 66.5 Å². The first-order valence-electron chi connectivity index (χ1n) is 6.69. The largest absolute Gasteiger partial charge is 0.337 e. The Morgan fingerprint density at radius 2 is 1.60 bits per heavy atom. The molecule has 0 saturated heterocycles. The van der Waals surface area contributed by atoms with Crippen molar-refractivity contribution >= 4 is 16.4 Å². The lowest BCUT2D eigenvalue weighted by atomic mass is 10.1. The van der Waals surface area contributed by atoms with Crippen LogP contribution in [0.1, 0.15) is 5.69 Å². The molecule has 0 radical (unpaired) electrons. The summed E-state index contributed by atoms with van der Waals surface area (Å²) < 4.78 is 3.97. The lowest BCUT2D eigenvalue weighted by molar-refractivity contribution is 1.00. The lowest BCUT2D eigenvalue weighted by Gasteiger charge is -2.02. The van der Waals surface area contributed by atoms with Gasteiger partial charge in [-0.3, -0.25) is 4.40 Å². The molecule has 3 nitrogen and oxygen atoms in total. The molecule has 0 bridgehead atoms. The van der Waals surface area contributed by atoms with E-state index in [1.807, 2.05) is 12.1 Å². The average molecular weight is 261 g/mol. The second-order valence-electron chi connectivity index (χ2n) is 5.08. The molecular formula is C17H15N3. The molecule has 0 spiro atoms. The van der Waals surface area contributed by atoms with Crippen LogP contribution >= 0.6 is 0 Å². The molecule has 0 fully saturated rings. The van der Waals surface area contributed by atoms with Crippen LogP contribution in [0.2, 0.25) is 0 Å². The second-order valence-corrected chi connectivity index (χ2v) is 5.08. The van der Waals surface area contributed by atoms with Gasteiger partial charge in [-0.2, -0.15) is 0 Å². The highest BCUT2D eigenvalue weighted by molar-refractivity contribution is 5.97. The highest BCUT2D eigenvalue weighted by Gasteiger charge is 2.16. The zero-order valence-corrected chi connectivity index (χ0v) is 11.2. The number of imidazole rings is 1. The van der Waals surface area contributed by atoms with E-state index in [0.29, 0.717) is 0 Å². The first-order chi connectivity index (χ1) is 9.77. The maximum atomic E-state index is 6.28. The van der Waals surface area contributed by atoms with Crippen LogP contribution in [0.15, 0.2) is 60.8 Å². The van der Waals surface area contributed by atoms with Crippen LogP contribution in [0.5, 0.6) is 0 Å². The Balaban J connectivity index is 2.19. The topological polar surface area (TPSA) is 35.4 Å². The Morgan fingerprint density at radius 1 is 0.900 bits per heavy atom. The van der Waals surface area contributed by atoms with Gasteiger partial charge in [0.15, 0.2) is 0 Å². The Morgan fingerprint density at radius 3 is 2.40 bits per heavy atom. The molecule has 4 rings (SSSR count). The van der Waals surface area contributed by atoms with Crippen LogP contribution in [0, 0.1) is 6.92 Å². The third-order valence-corrected chi connectivity index (χ3v) is 3.92. The predicted octanol–water partition coefficient (Wildman–Crippen LogP) is 3.58. The summed E-state index contributed by atoms with van der Waals surface area (Å²) in [5.41, 5.74) is 4.44. The highest BCUT2D eigenvalue weighted by atomic mass is 15.3. The molecule has 0 atom stereocenters. The van der Waals surface area contributed by atoms with Crippen molar-refractivity contribution < 1.29 is 0 Å². The number of rotatable bonds is 1. The monoisotopic (exact) mass is 261 g/mol. The molecule has 0 amide bonds. The Bertz CT molecular complexity index is 914. The minimum atomic E-state index is 1.04. The Hall–Kier alpha value is -2.68. The third kappa shape index (κ3) is 1.35. The Kier molecular flexibility index (Phi) is 2.18. The van der Waals surface area contributed by atoms with E-state index in [1.54, 1.807) is 4.68 Å². The van der Waals surface area contributed by atoms with Gasteiger partial charge in [0.1, 0.15) is 5.65 Å². The van der Waals surface area contributed by atoms with E-state index in [2.05, 4.69) is 60.0 Å². The van der Waals surface area contributed by atoms with Gasteiger partial charge in [0, 0.05) is 22.5 Å². The van der Waals surface area contributed by atoms with Crippen LogP contribution in [0.25, 0.3) is 27.7 Å². The van der Waals surface area contributed by atoms with Gasteiger partial charge in [0.05, 0.1) is 11.4 Å². The summed E-state index contributed by atoms with van der Waals surface area (Å²) in [7, 11) is 0. The summed E-state index contributed by atoms with van der Waals surface area (Å²) in [6.45, 7) is 2.06. The van der Waals surface area contributed by atoms with Gasteiger partial charge < -0.3 is 5.84 Å². The van der Waals surface area contributed by atoms with E-state index in [4.69, 9.17) is 5.84 Å². The van der Waals surface area contributed by atoms with Gasteiger partial charge in [-0.1, -0.05) is 54.6 Å². The molecule has 2 aromatic carbocycles. The number of nitrogens with two attached hydrogens (primary N) is 1. The first-order valence-corrected chi connectivity index (χ1v) is 6.69. The van der Waals surface area contributed by atoms with Gasteiger partial charge in [-0.25, -0.2) is 4.68 Å². The van der Waals surface area contributed by atoms with E-state index in [1.165, 1.54) is 16.3 Å². The van der Waals surface area contributed by atoms with Crippen molar-refractivity contribution in [3.8, 4) is 11.3 Å². The summed E-state index contributed by atoms with van der Waals surface area (Å²) in [5, 5.41) is 2.39. The van der Waals surface area contributed by atoms with Gasteiger partial charge in [0.25, 0.3) is 0 Å². The standard InChI is InChI=1S/C17H15N3/c1-12-16(13-7-3-2-4-8-13)19-11-14-9-5-6-10-15(14)17(19)20(12)18/h2-11H,18H2,1H3. The summed E-state index contributed by atoms with van der Waals surface area (Å²) >= 11 is 0. The minimum absolute atomic E-state index is 1.04. The molecular weight excluding hydrogens is 246 g/mol. The summed E-state index contributed by atoms with van der Waals surface area (Å²) in [5.74, 6) is 6.28. The molecule has 98 valence electrons. The van der Waals surface area contributed by atoms with Crippen LogP contribution in [0.3, 0.4) is 0 Å². The number of fused-ring (bicyclic) bond motifs is 3. The molecule has 0 aliphatic carbocycles. The fourth-order valence-electron chi connectivity index (χ4n) is 2.95. The van der Waals surface area contributed by atoms with Crippen molar-refractivity contribution in [1.82, 2.24) is 9.08 Å². The van der Waals surface area contributed by atoms with Crippen molar-refractivity contribution in [2.75, 3.05) is 5.84 Å². The molecule has 2 aromatic heterocycles. The van der Waals surface area contributed by atoms with Crippen molar-refractivity contribution in [2.45, 2.75) is 6.92 Å². The highest BCUT2D eigenvalue weighted by Crippen LogP contribution is 2.31. The van der Waals surface area contributed by atoms with E-state index in [0.717, 1.165) is 17.0 Å². The molecule has 0 saturated carbocycles. The zero-order valence-electron chi connectivity index (χ0n) is 11.2. The quantitative estimate of drug-likeness (QED) is 0.522. The molecule has 3 heteroatoms. The van der Waals surface area contributed by atoms with E-state index >= 15 is 0 Å². The maximum Gasteiger partial charge on any atom is 0.144 e. The van der Waals surface area contributed by atoms with Crippen LogP contribution in [-0.4, -0.2) is 9.08 Å². The third-order valence-electron chi connectivity index (χ3n) is 3.92. The molecule has 4 aromatic rings. The summed E-state index contributed by atoms with van der Waals surface area (Å²) in [6.07, 6.45) is 2.16. The smallest absolute Gasteiger partial charge is 0.144 e. The van der Waals surface area contributed by atoms with Crippen LogP contribution < -0.4 is 5.84 Å². The molecule has 2 N–H and O–H groups in total. The zero-order chi connectivity index (χ0) is 13.7. The number of hydrogen-bond donors (Lipinski definition) is 1. The molecule has 0 aliphatic heterocycles. The van der Waals surface area contributed by atoms with Gasteiger partial charge in [-0.15, -0.1) is 0 Å². The van der Waals surface area contributed by atoms with Gasteiger partial charge >= 0.3 is 0 Å². The second kappa shape index (κ2) is 3.90. The number of benzene rings is 2. The number of hydrogen-bond acceptors (Lipinski definition) is 1. The predicted molar refractivity (Wildman–Crippen MR) is 83.2 cm³/mol. The lowest BCUT2D eigenvalue weighted by Crippen LogP contribution is -2.09. The minimum Gasteiger partial charge on any atom is -0.337 e. The van der Waals surface area contributed by atoms with E-state index in [-0.39, 0.29) is 0 Å². The normalized spacial score (nSPS) is 11.4. The Labute approximate surface area is 116 Å². The van der Waals surface area contributed by atoms with Crippen LogP contribution in [-0.2, 0) is 0 Å². The number of aromatic nitrogens is 2. The fraction of sp³-hybridized carbons (Fsp3) is 0.0588. The van der Waals surface area contributed by atoms with E-state index in [9.17, 15) is 0 Å². The fourth-order valence-corrected chi connectivity index (χ4v) is 2.95. The van der Waals surface area contributed by atoms with E-state index < -0.39 is 0 Å². The van der Waals surface area contributed by atoms with Crippen LogP contribution in [0.4, 0.5) is 0 Å². The number of nitrogen functional groups attached to an aromatic ring is 1.